The van der Waals surface area contributed by atoms with E-state index in [4.69, 9.17) is 23.2 Å². The number of fused-ring (bicyclic) bond motifs is 1. The number of rotatable bonds is 2. The monoisotopic (exact) mass is 352 g/mol. The van der Waals surface area contributed by atoms with Crippen LogP contribution in [0.2, 0.25) is 10.0 Å². The van der Waals surface area contributed by atoms with Crippen molar-refractivity contribution in [2.24, 2.45) is 0 Å². The molecule has 0 saturated heterocycles. The molecule has 0 aliphatic carbocycles. The fourth-order valence-electron chi connectivity index (χ4n) is 1.98. The summed E-state index contributed by atoms with van der Waals surface area (Å²) in [6, 6.07) is 20.4. The van der Waals surface area contributed by atoms with Crippen LogP contribution >= 0.6 is 23.2 Å². The first-order valence-electron chi connectivity index (χ1n) is 5.85. The molecule has 3 aromatic carbocycles. The molecule has 19 heavy (non-hydrogen) atoms. The molecule has 0 aliphatic rings. The normalized spacial score (nSPS) is 10.8. The van der Waals surface area contributed by atoms with Gasteiger partial charge >= 0.3 is 129 Å². The second-order valence-corrected chi connectivity index (χ2v) is 7.33. The second-order valence-electron chi connectivity index (χ2n) is 4.15. The molecule has 0 bridgehead atoms. The Balaban J connectivity index is 2.08. The van der Waals surface area contributed by atoms with E-state index in [1.807, 2.05) is 24.3 Å². The molecule has 0 amide bonds. The van der Waals surface area contributed by atoms with Gasteiger partial charge in [0.25, 0.3) is 0 Å². The molecule has 0 saturated carbocycles. The maximum absolute atomic E-state index is 6.34. The molecule has 94 valence electrons. The summed E-state index contributed by atoms with van der Waals surface area (Å²) < 4.78 is 2.60. The molecular weight excluding hydrogens is 342 g/mol. The van der Waals surface area contributed by atoms with Crippen molar-refractivity contribution in [3.05, 3.63) is 70.7 Å². The van der Waals surface area contributed by atoms with Gasteiger partial charge in [-0.2, -0.15) is 0 Å². The third-order valence-electron chi connectivity index (χ3n) is 2.86. The predicted molar refractivity (Wildman–Crippen MR) is 85.4 cm³/mol. The molecule has 0 N–H and O–H groups in total. The van der Waals surface area contributed by atoms with Crippen LogP contribution in [0.5, 0.6) is 0 Å². The minimum absolute atomic E-state index is 0.231. The fraction of sp³-hybridized carbons (Fsp3) is 0. The first kappa shape index (κ1) is 13.0. The van der Waals surface area contributed by atoms with Gasteiger partial charge in [-0.1, -0.05) is 0 Å². The molecule has 0 aromatic heterocycles. The van der Waals surface area contributed by atoms with Crippen LogP contribution in [-0.4, -0.2) is 15.0 Å². The van der Waals surface area contributed by atoms with Crippen LogP contribution in [0.15, 0.2) is 60.7 Å². The van der Waals surface area contributed by atoms with Crippen molar-refractivity contribution in [2.75, 3.05) is 0 Å². The molecule has 3 aromatic rings. The summed E-state index contributed by atoms with van der Waals surface area (Å²) in [5.74, 6) is 0. The quantitative estimate of drug-likeness (QED) is 0.616. The van der Waals surface area contributed by atoms with Gasteiger partial charge in [0.05, 0.1) is 0 Å². The predicted octanol–water partition coefficient (Wildman–Crippen LogP) is 3.80. The third-order valence-corrected chi connectivity index (χ3v) is 5.66. The van der Waals surface area contributed by atoms with Crippen LogP contribution in [0.1, 0.15) is 0 Å². The maximum atomic E-state index is 6.34. The summed E-state index contributed by atoms with van der Waals surface area (Å²) >= 11 is 12.5. The number of benzene rings is 3. The molecule has 0 spiro atoms. The number of halogens is 2. The van der Waals surface area contributed by atoms with Crippen molar-refractivity contribution < 1.29 is 0 Å². The first-order chi connectivity index (χ1) is 9.24. The summed E-state index contributed by atoms with van der Waals surface area (Å²) in [6.07, 6.45) is 0. The molecule has 0 unspecified atom stereocenters. The Hall–Kier alpha value is -0.981. The van der Waals surface area contributed by atoms with Gasteiger partial charge in [0.15, 0.2) is 0 Å². The average molecular weight is 352 g/mol. The van der Waals surface area contributed by atoms with E-state index in [1.54, 1.807) is 0 Å². The van der Waals surface area contributed by atoms with Gasteiger partial charge < -0.3 is 0 Å². The van der Waals surface area contributed by atoms with Crippen molar-refractivity contribution >= 4 is 57.9 Å². The van der Waals surface area contributed by atoms with E-state index < -0.39 is 0 Å². The first-order valence-corrected chi connectivity index (χ1v) is 8.31. The van der Waals surface area contributed by atoms with Gasteiger partial charge in [-0.05, 0) is 0 Å². The molecule has 0 heterocycles. The minimum atomic E-state index is 0.231. The van der Waals surface area contributed by atoms with Gasteiger partial charge in [-0.25, -0.2) is 0 Å². The Morgan fingerprint density at radius 2 is 1.42 bits per heavy atom. The zero-order valence-electron chi connectivity index (χ0n) is 9.94. The Kier molecular flexibility index (Phi) is 3.81. The third kappa shape index (κ3) is 2.80. The molecule has 3 heteroatoms. The van der Waals surface area contributed by atoms with Crippen LogP contribution in [0, 0.1) is 0 Å². The Bertz CT molecular complexity index is 715. The van der Waals surface area contributed by atoms with E-state index in [0.29, 0.717) is 0 Å². The Morgan fingerprint density at radius 3 is 2.16 bits per heavy atom. The molecule has 0 atom stereocenters. The number of hydrogen-bond donors (Lipinski definition) is 0. The van der Waals surface area contributed by atoms with Crippen LogP contribution in [0.25, 0.3) is 10.8 Å². The van der Waals surface area contributed by atoms with Gasteiger partial charge in [0.2, 0.25) is 0 Å². The van der Waals surface area contributed by atoms with E-state index in [0.717, 1.165) is 10.0 Å². The summed E-state index contributed by atoms with van der Waals surface area (Å²) in [6.45, 7) is 0. The van der Waals surface area contributed by atoms with Crippen molar-refractivity contribution in [3.63, 3.8) is 0 Å². The standard InChI is InChI=1S/C16H10Cl2Se/c17-12-7-9-13(10-8-12)19-15-6-2-4-11-3-1-5-14(18)16(11)15/h1-10H. The van der Waals surface area contributed by atoms with E-state index in [9.17, 15) is 0 Å². The molecule has 0 nitrogen and oxygen atoms in total. The van der Waals surface area contributed by atoms with Crippen molar-refractivity contribution in [1.29, 1.82) is 0 Å². The van der Waals surface area contributed by atoms with Crippen LogP contribution in [0.3, 0.4) is 0 Å². The van der Waals surface area contributed by atoms with Crippen molar-refractivity contribution in [3.8, 4) is 0 Å². The van der Waals surface area contributed by atoms with Crippen molar-refractivity contribution in [1.82, 2.24) is 0 Å². The average Bonchev–Trinajstić information content (AvgIpc) is 2.42. The fourth-order valence-corrected chi connectivity index (χ4v) is 4.62. The zero-order chi connectivity index (χ0) is 13.2. The van der Waals surface area contributed by atoms with Crippen molar-refractivity contribution in [2.45, 2.75) is 0 Å². The van der Waals surface area contributed by atoms with Crippen LogP contribution in [-0.2, 0) is 0 Å². The molecule has 3 rings (SSSR count). The summed E-state index contributed by atoms with van der Waals surface area (Å²) in [5, 5.41) is 3.96. The summed E-state index contributed by atoms with van der Waals surface area (Å²) in [4.78, 5) is 0. The second kappa shape index (κ2) is 5.56. The Morgan fingerprint density at radius 1 is 0.737 bits per heavy atom. The zero-order valence-corrected chi connectivity index (χ0v) is 13.2. The summed E-state index contributed by atoms with van der Waals surface area (Å²) in [5.41, 5.74) is 0. The Labute approximate surface area is 128 Å². The van der Waals surface area contributed by atoms with Crippen LogP contribution in [0.4, 0.5) is 0 Å². The van der Waals surface area contributed by atoms with Gasteiger partial charge in [-0.15, -0.1) is 0 Å². The summed E-state index contributed by atoms with van der Waals surface area (Å²) in [7, 11) is 0. The van der Waals surface area contributed by atoms with Crippen LogP contribution < -0.4 is 8.92 Å². The number of hydrogen-bond acceptors (Lipinski definition) is 0. The van der Waals surface area contributed by atoms with Gasteiger partial charge in [0.1, 0.15) is 0 Å². The SMILES string of the molecule is Clc1ccc([Se]c2cccc3cccc(Cl)c23)cc1. The molecule has 0 fully saturated rings. The molecule has 0 radical (unpaired) electrons. The van der Waals surface area contributed by atoms with E-state index in [1.165, 1.54) is 19.7 Å². The van der Waals surface area contributed by atoms with Gasteiger partial charge in [-0.3, -0.25) is 0 Å². The molecular formula is C16H10Cl2Se. The van der Waals surface area contributed by atoms with Gasteiger partial charge in [0, 0.05) is 0 Å². The van der Waals surface area contributed by atoms with E-state index in [-0.39, 0.29) is 15.0 Å². The topological polar surface area (TPSA) is 0 Å². The van der Waals surface area contributed by atoms with E-state index in [2.05, 4.69) is 36.4 Å². The molecule has 0 aliphatic heterocycles. The van der Waals surface area contributed by atoms with E-state index >= 15 is 0 Å².